The van der Waals surface area contributed by atoms with Gasteiger partial charge < -0.3 is 10.2 Å². The van der Waals surface area contributed by atoms with Crippen LogP contribution < -0.4 is 5.32 Å². The molecule has 4 rings (SSSR count). The van der Waals surface area contributed by atoms with E-state index in [4.69, 9.17) is 0 Å². The predicted octanol–water partition coefficient (Wildman–Crippen LogP) is 5.93. The third kappa shape index (κ3) is 7.30. The quantitative estimate of drug-likeness (QED) is 0.411. The standard InChI is InChI=1S/C32H38N2O2/c1-24-11-9-15-27(19-24)22-31(35)34(23-28-16-10-12-25(2)20-28)30(21-26-13-5-3-6-14-26)32(36)33-29-17-7-4-8-18-29/h3,5-6,9-16,19-20,29-30H,4,7-8,17-18,21-23H2,1-2H3,(H,33,36)/t30-/m1/s1. The van der Waals surface area contributed by atoms with Crippen LogP contribution >= 0.6 is 0 Å². The summed E-state index contributed by atoms with van der Waals surface area (Å²) in [5.41, 5.74) is 5.33. The Morgan fingerprint density at radius 3 is 2.08 bits per heavy atom. The largest absolute Gasteiger partial charge is 0.352 e. The van der Waals surface area contributed by atoms with Crippen molar-refractivity contribution in [3.05, 3.63) is 107 Å². The summed E-state index contributed by atoms with van der Waals surface area (Å²) < 4.78 is 0. The van der Waals surface area contributed by atoms with Crippen molar-refractivity contribution in [3.63, 3.8) is 0 Å². The van der Waals surface area contributed by atoms with Crippen LogP contribution in [0, 0.1) is 13.8 Å². The second kappa shape index (κ2) is 12.5. The van der Waals surface area contributed by atoms with Gasteiger partial charge in [0.05, 0.1) is 6.42 Å². The Balaban J connectivity index is 1.65. The molecule has 0 saturated heterocycles. The predicted molar refractivity (Wildman–Crippen MR) is 146 cm³/mol. The van der Waals surface area contributed by atoms with Gasteiger partial charge in [0.25, 0.3) is 0 Å². The van der Waals surface area contributed by atoms with Crippen molar-refractivity contribution >= 4 is 11.8 Å². The smallest absolute Gasteiger partial charge is 0.243 e. The first-order valence-electron chi connectivity index (χ1n) is 13.2. The highest BCUT2D eigenvalue weighted by Gasteiger charge is 2.32. The van der Waals surface area contributed by atoms with Crippen molar-refractivity contribution in [1.82, 2.24) is 10.2 Å². The molecule has 188 valence electrons. The van der Waals surface area contributed by atoms with Crippen LogP contribution in [0.5, 0.6) is 0 Å². The Kier molecular flexibility index (Phi) is 8.94. The molecule has 0 aromatic heterocycles. The molecule has 1 aliphatic rings. The van der Waals surface area contributed by atoms with E-state index in [0.29, 0.717) is 13.0 Å². The molecule has 1 atom stereocenters. The molecule has 0 unspecified atom stereocenters. The monoisotopic (exact) mass is 482 g/mol. The lowest BCUT2D eigenvalue weighted by Gasteiger charge is -2.33. The molecule has 0 bridgehead atoms. The van der Waals surface area contributed by atoms with Gasteiger partial charge >= 0.3 is 0 Å². The number of hydrogen-bond donors (Lipinski definition) is 1. The maximum Gasteiger partial charge on any atom is 0.243 e. The number of carbonyl (C=O) groups is 2. The number of rotatable bonds is 9. The van der Waals surface area contributed by atoms with E-state index in [9.17, 15) is 9.59 Å². The van der Waals surface area contributed by atoms with Gasteiger partial charge in [-0.2, -0.15) is 0 Å². The van der Waals surface area contributed by atoms with Crippen molar-refractivity contribution in [3.8, 4) is 0 Å². The maximum absolute atomic E-state index is 13.9. The highest BCUT2D eigenvalue weighted by atomic mass is 16.2. The van der Waals surface area contributed by atoms with E-state index < -0.39 is 6.04 Å². The first-order valence-corrected chi connectivity index (χ1v) is 13.2. The van der Waals surface area contributed by atoms with Crippen molar-refractivity contribution in [1.29, 1.82) is 0 Å². The Hall–Kier alpha value is -3.40. The van der Waals surface area contributed by atoms with E-state index in [1.54, 1.807) is 0 Å². The average molecular weight is 483 g/mol. The summed E-state index contributed by atoms with van der Waals surface area (Å²) in [5.74, 6) is -0.0715. The van der Waals surface area contributed by atoms with E-state index in [1.807, 2.05) is 72.5 Å². The molecule has 1 aliphatic carbocycles. The van der Waals surface area contributed by atoms with Gasteiger partial charge in [0.1, 0.15) is 6.04 Å². The number of amides is 2. The summed E-state index contributed by atoms with van der Waals surface area (Å²) in [5, 5.41) is 3.31. The maximum atomic E-state index is 13.9. The summed E-state index contributed by atoms with van der Waals surface area (Å²) >= 11 is 0. The number of carbonyl (C=O) groups excluding carboxylic acids is 2. The Labute approximate surface area is 215 Å². The number of aryl methyl sites for hydroxylation is 2. The topological polar surface area (TPSA) is 49.4 Å². The molecule has 0 radical (unpaired) electrons. The lowest BCUT2D eigenvalue weighted by Crippen LogP contribution is -2.53. The number of nitrogens with zero attached hydrogens (tertiary/aromatic N) is 1. The fourth-order valence-corrected chi connectivity index (χ4v) is 5.20. The molecule has 0 spiro atoms. The van der Waals surface area contributed by atoms with Crippen LogP contribution in [0.1, 0.15) is 59.9 Å². The second-order valence-electron chi connectivity index (χ2n) is 10.2. The molecule has 3 aromatic rings. The van der Waals surface area contributed by atoms with E-state index >= 15 is 0 Å². The van der Waals surface area contributed by atoms with Crippen LogP contribution in [0.4, 0.5) is 0 Å². The van der Waals surface area contributed by atoms with E-state index in [2.05, 4.69) is 30.4 Å². The minimum atomic E-state index is -0.577. The third-order valence-corrected chi connectivity index (χ3v) is 7.10. The molecule has 36 heavy (non-hydrogen) atoms. The molecule has 2 amide bonds. The molecule has 1 N–H and O–H groups in total. The normalized spacial score (nSPS) is 14.7. The molecule has 0 aliphatic heterocycles. The Morgan fingerprint density at radius 2 is 1.42 bits per heavy atom. The second-order valence-corrected chi connectivity index (χ2v) is 10.2. The van der Waals surface area contributed by atoms with Crippen LogP contribution in [0.2, 0.25) is 0 Å². The summed E-state index contributed by atoms with van der Waals surface area (Å²) in [6.45, 7) is 4.50. The molecule has 4 heteroatoms. The van der Waals surface area contributed by atoms with E-state index in [-0.39, 0.29) is 24.3 Å². The molecular formula is C32H38N2O2. The van der Waals surface area contributed by atoms with Gasteiger partial charge in [0.2, 0.25) is 11.8 Å². The molecule has 4 nitrogen and oxygen atoms in total. The zero-order valence-electron chi connectivity index (χ0n) is 21.6. The summed E-state index contributed by atoms with van der Waals surface area (Å²) in [4.78, 5) is 29.5. The summed E-state index contributed by atoms with van der Waals surface area (Å²) in [6, 6.07) is 25.9. The first-order chi connectivity index (χ1) is 17.5. The fourth-order valence-electron chi connectivity index (χ4n) is 5.20. The Morgan fingerprint density at radius 1 is 0.806 bits per heavy atom. The van der Waals surface area contributed by atoms with E-state index in [1.165, 1.54) is 6.42 Å². The van der Waals surface area contributed by atoms with Crippen LogP contribution in [-0.2, 0) is 29.0 Å². The van der Waals surface area contributed by atoms with Gasteiger partial charge in [-0.15, -0.1) is 0 Å². The van der Waals surface area contributed by atoms with E-state index in [0.717, 1.165) is 53.5 Å². The number of hydrogen-bond acceptors (Lipinski definition) is 2. The number of benzene rings is 3. The minimum Gasteiger partial charge on any atom is -0.352 e. The van der Waals surface area contributed by atoms with Crippen LogP contribution in [0.15, 0.2) is 78.9 Å². The van der Waals surface area contributed by atoms with Gasteiger partial charge in [-0.1, -0.05) is 109 Å². The Bertz CT molecular complexity index is 1150. The fraction of sp³-hybridized carbons (Fsp3) is 0.375. The van der Waals surface area contributed by atoms with Crippen molar-refractivity contribution < 1.29 is 9.59 Å². The molecule has 0 heterocycles. The molecule has 1 saturated carbocycles. The van der Waals surface area contributed by atoms with Gasteiger partial charge in [-0.25, -0.2) is 0 Å². The first kappa shape index (κ1) is 25.7. The summed E-state index contributed by atoms with van der Waals surface area (Å²) in [7, 11) is 0. The third-order valence-electron chi connectivity index (χ3n) is 7.10. The van der Waals surface area contributed by atoms with Gasteiger partial charge in [-0.3, -0.25) is 9.59 Å². The molecule has 3 aromatic carbocycles. The molecular weight excluding hydrogens is 444 g/mol. The average Bonchev–Trinajstić information content (AvgIpc) is 2.87. The SMILES string of the molecule is Cc1cccc(CC(=O)N(Cc2cccc(C)c2)[C@H](Cc2ccccc2)C(=O)NC2CCCCC2)c1. The van der Waals surface area contributed by atoms with Gasteiger partial charge in [0, 0.05) is 19.0 Å². The lowest BCUT2D eigenvalue weighted by atomic mass is 9.94. The van der Waals surface area contributed by atoms with Crippen LogP contribution in [0.25, 0.3) is 0 Å². The molecule has 1 fully saturated rings. The van der Waals surface area contributed by atoms with Gasteiger partial charge in [0.15, 0.2) is 0 Å². The lowest BCUT2D eigenvalue weighted by molar-refractivity contribution is -0.141. The van der Waals surface area contributed by atoms with Gasteiger partial charge in [-0.05, 0) is 43.4 Å². The summed E-state index contributed by atoms with van der Waals surface area (Å²) in [6.07, 6.45) is 6.31. The van der Waals surface area contributed by atoms with Crippen molar-refractivity contribution in [2.75, 3.05) is 0 Å². The van der Waals surface area contributed by atoms with Crippen LogP contribution in [0.3, 0.4) is 0 Å². The minimum absolute atomic E-state index is 0.0261. The highest BCUT2D eigenvalue weighted by molar-refractivity contribution is 5.89. The highest BCUT2D eigenvalue weighted by Crippen LogP contribution is 2.21. The van der Waals surface area contributed by atoms with Crippen molar-refractivity contribution in [2.45, 2.75) is 77.4 Å². The number of nitrogens with one attached hydrogen (secondary N) is 1. The zero-order valence-corrected chi connectivity index (χ0v) is 21.6. The van der Waals surface area contributed by atoms with Crippen LogP contribution in [-0.4, -0.2) is 28.8 Å². The van der Waals surface area contributed by atoms with Crippen molar-refractivity contribution in [2.24, 2.45) is 0 Å². The zero-order chi connectivity index (χ0) is 25.3.